The van der Waals surface area contributed by atoms with Crippen LogP contribution in [0.15, 0.2) is 12.1 Å². The molecule has 0 spiro atoms. The van der Waals surface area contributed by atoms with E-state index in [0.29, 0.717) is 13.0 Å². The Hall–Kier alpha value is -0.960. The van der Waals surface area contributed by atoms with Gasteiger partial charge in [0.2, 0.25) is 0 Å². The maximum absolute atomic E-state index is 13.5. The quantitative estimate of drug-likeness (QED) is 0.341. The van der Waals surface area contributed by atoms with Gasteiger partial charge in [0, 0.05) is 32.3 Å². The van der Waals surface area contributed by atoms with Gasteiger partial charge in [-0.2, -0.15) is 0 Å². The molecule has 7 heteroatoms. The Morgan fingerprint density at radius 1 is 1.42 bits per heavy atom. The number of nitro groups is 1. The smallest absolute Gasteiger partial charge is 0.293 e. The van der Waals surface area contributed by atoms with E-state index in [1.165, 1.54) is 12.1 Å². The van der Waals surface area contributed by atoms with Crippen molar-refractivity contribution in [3.8, 4) is 0 Å². The second kappa shape index (κ2) is 7.59. The maximum atomic E-state index is 13.5. The monoisotopic (exact) mass is 382 g/mol. The van der Waals surface area contributed by atoms with Crippen molar-refractivity contribution in [2.75, 3.05) is 25.1 Å². The molecule has 1 N–H and O–H groups in total. The highest BCUT2D eigenvalue weighted by Gasteiger charge is 2.20. The lowest BCUT2D eigenvalue weighted by atomic mass is 10.2. The molecule has 0 fully saturated rings. The van der Waals surface area contributed by atoms with Crippen molar-refractivity contribution in [3.05, 3.63) is 31.6 Å². The summed E-state index contributed by atoms with van der Waals surface area (Å²) in [5.41, 5.74) is 0.197. The Labute approximate surface area is 124 Å². The molecule has 0 bridgehead atoms. The summed E-state index contributed by atoms with van der Waals surface area (Å²) in [4.78, 5) is 12.2. The third-order valence-corrected chi connectivity index (χ3v) is 3.60. The van der Waals surface area contributed by atoms with E-state index in [1.807, 2.05) is 0 Å². The number of halogens is 2. The Balaban J connectivity index is 2.85. The number of nitro benzene ring substituents is 1. The average Bonchev–Trinajstić information content (AvgIpc) is 2.36. The Morgan fingerprint density at radius 3 is 2.68 bits per heavy atom. The topological polar surface area (TPSA) is 66.6 Å². The predicted molar refractivity (Wildman–Crippen MR) is 80.0 cm³/mol. The molecule has 1 aromatic carbocycles. The zero-order valence-electron chi connectivity index (χ0n) is 10.6. The second-order valence-electron chi connectivity index (χ2n) is 4.22. The second-order valence-corrected chi connectivity index (χ2v) is 5.38. The molecule has 5 nitrogen and oxygen atoms in total. The Morgan fingerprint density at radius 2 is 2.11 bits per heavy atom. The lowest BCUT2D eigenvalue weighted by Gasteiger charge is -2.19. The van der Waals surface area contributed by atoms with Crippen LogP contribution >= 0.6 is 22.6 Å². The van der Waals surface area contributed by atoms with Gasteiger partial charge in [0.1, 0.15) is 11.5 Å². The fraction of sp³-hybridized carbons (Fsp3) is 0.500. The zero-order chi connectivity index (χ0) is 14.4. The van der Waals surface area contributed by atoms with Crippen molar-refractivity contribution in [2.45, 2.75) is 19.3 Å². The molecule has 0 saturated heterocycles. The molecular formula is C12H16FIN2O3. The molecular weight excluding hydrogens is 366 g/mol. The summed E-state index contributed by atoms with van der Waals surface area (Å²) in [6.45, 7) is 0.725. The first-order valence-corrected chi connectivity index (χ1v) is 7.00. The number of aliphatic hydroxyl groups is 1. The van der Waals surface area contributed by atoms with E-state index >= 15 is 0 Å². The van der Waals surface area contributed by atoms with Crippen LogP contribution in [0, 0.1) is 19.5 Å². The number of aliphatic hydroxyl groups excluding tert-OH is 1. The fourth-order valence-corrected chi connectivity index (χ4v) is 2.19. The van der Waals surface area contributed by atoms with Crippen molar-refractivity contribution in [2.24, 2.45) is 0 Å². The van der Waals surface area contributed by atoms with E-state index in [9.17, 15) is 14.5 Å². The average molecular weight is 382 g/mol. The van der Waals surface area contributed by atoms with E-state index in [2.05, 4.69) is 0 Å². The van der Waals surface area contributed by atoms with Crippen LogP contribution in [-0.4, -0.2) is 30.2 Å². The number of hydrogen-bond donors (Lipinski definition) is 1. The first-order valence-electron chi connectivity index (χ1n) is 5.92. The van der Waals surface area contributed by atoms with E-state index in [1.54, 1.807) is 34.5 Å². The highest BCUT2D eigenvalue weighted by atomic mass is 127. The number of rotatable bonds is 7. The Bertz CT molecular complexity index is 457. The summed E-state index contributed by atoms with van der Waals surface area (Å²) in [6, 6.07) is 2.45. The Kier molecular flexibility index (Phi) is 6.43. The fourth-order valence-electron chi connectivity index (χ4n) is 1.74. The first kappa shape index (κ1) is 16.1. The van der Waals surface area contributed by atoms with E-state index in [-0.39, 0.29) is 21.6 Å². The van der Waals surface area contributed by atoms with Crippen molar-refractivity contribution in [1.29, 1.82) is 0 Å². The van der Waals surface area contributed by atoms with Gasteiger partial charge < -0.3 is 10.0 Å². The van der Waals surface area contributed by atoms with Crippen LogP contribution in [-0.2, 0) is 0 Å². The van der Waals surface area contributed by atoms with Gasteiger partial charge in [-0.25, -0.2) is 4.39 Å². The molecule has 0 atom stereocenters. The molecule has 0 radical (unpaired) electrons. The van der Waals surface area contributed by atoms with Crippen molar-refractivity contribution >= 4 is 34.0 Å². The number of anilines is 1. The SMILES string of the molecule is CN(CCCCCO)c1cc(F)c(I)cc1[N+](=O)[O-]. The van der Waals surface area contributed by atoms with Gasteiger partial charge in [-0.05, 0) is 41.9 Å². The molecule has 0 unspecified atom stereocenters. The lowest BCUT2D eigenvalue weighted by Crippen LogP contribution is -2.20. The summed E-state index contributed by atoms with van der Waals surface area (Å²) < 4.78 is 13.8. The highest BCUT2D eigenvalue weighted by molar-refractivity contribution is 14.1. The molecule has 0 aliphatic heterocycles. The molecule has 0 amide bonds. The summed E-state index contributed by atoms with van der Waals surface area (Å²) in [5.74, 6) is -0.455. The van der Waals surface area contributed by atoms with Gasteiger partial charge in [0.05, 0.1) is 8.49 Å². The number of benzene rings is 1. The molecule has 106 valence electrons. The van der Waals surface area contributed by atoms with Gasteiger partial charge in [0.15, 0.2) is 0 Å². The van der Waals surface area contributed by atoms with E-state index < -0.39 is 10.7 Å². The summed E-state index contributed by atoms with van der Waals surface area (Å²) in [5, 5.41) is 19.7. The highest BCUT2D eigenvalue weighted by Crippen LogP contribution is 2.31. The third-order valence-electron chi connectivity index (χ3n) is 2.78. The van der Waals surface area contributed by atoms with Crippen LogP contribution in [0.3, 0.4) is 0 Å². The first-order chi connectivity index (χ1) is 8.97. The van der Waals surface area contributed by atoms with Crippen LogP contribution in [0.2, 0.25) is 0 Å². The minimum absolute atomic E-state index is 0.0875. The zero-order valence-corrected chi connectivity index (χ0v) is 12.8. The third kappa shape index (κ3) is 4.57. The van der Waals surface area contributed by atoms with Crippen LogP contribution < -0.4 is 4.90 Å². The van der Waals surface area contributed by atoms with Crippen LogP contribution in [0.5, 0.6) is 0 Å². The van der Waals surface area contributed by atoms with Crippen LogP contribution in [0.4, 0.5) is 15.8 Å². The largest absolute Gasteiger partial charge is 0.396 e. The molecule has 0 aromatic heterocycles. The minimum Gasteiger partial charge on any atom is -0.396 e. The number of hydrogen-bond acceptors (Lipinski definition) is 4. The number of nitrogens with zero attached hydrogens (tertiary/aromatic N) is 2. The maximum Gasteiger partial charge on any atom is 0.293 e. The predicted octanol–water partition coefficient (Wildman–Crippen LogP) is 2.94. The van der Waals surface area contributed by atoms with Gasteiger partial charge in [-0.3, -0.25) is 10.1 Å². The summed E-state index contributed by atoms with van der Waals surface area (Å²) >= 11 is 1.74. The van der Waals surface area contributed by atoms with Gasteiger partial charge in [0.25, 0.3) is 5.69 Å². The molecule has 0 saturated carbocycles. The van der Waals surface area contributed by atoms with Crippen molar-refractivity contribution < 1.29 is 14.4 Å². The van der Waals surface area contributed by atoms with Crippen molar-refractivity contribution in [3.63, 3.8) is 0 Å². The number of unbranched alkanes of at least 4 members (excludes halogenated alkanes) is 2. The van der Waals surface area contributed by atoms with E-state index in [0.717, 1.165) is 12.8 Å². The molecule has 0 heterocycles. The minimum atomic E-state index is -0.499. The molecule has 0 aliphatic rings. The van der Waals surface area contributed by atoms with Gasteiger partial charge in [-0.15, -0.1) is 0 Å². The summed E-state index contributed by atoms with van der Waals surface area (Å²) in [6.07, 6.45) is 2.33. The normalized spacial score (nSPS) is 10.5. The van der Waals surface area contributed by atoms with Crippen LogP contribution in [0.1, 0.15) is 19.3 Å². The summed E-state index contributed by atoms with van der Waals surface area (Å²) in [7, 11) is 1.70. The molecule has 19 heavy (non-hydrogen) atoms. The molecule has 1 aromatic rings. The van der Waals surface area contributed by atoms with Crippen molar-refractivity contribution in [1.82, 2.24) is 0 Å². The van der Waals surface area contributed by atoms with E-state index in [4.69, 9.17) is 5.11 Å². The molecule has 0 aliphatic carbocycles. The van der Waals surface area contributed by atoms with Gasteiger partial charge in [-0.1, -0.05) is 0 Å². The van der Waals surface area contributed by atoms with Crippen LogP contribution in [0.25, 0.3) is 0 Å². The molecule has 1 rings (SSSR count). The standard InChI is InChI=1S/C12H16FIN2O3/c1-15(5-3-2-4-6-17)11-7-9(13)10(14)8-12(11)16(18)19/h7-8,17H,2-6H2,1H3. The lowest BCUT2D eigenvalue weighted by molar-refractivity contribution is -0.384. The van der Waals surface area contributed by atoms with Gasteiger partial charge >= 0.3 is 0 Å².